The van der Waals surface area contributed by atoms with E-state index in [0.29, 0.717) is 4.84 Å². The van der Waals surface area contributed by atoms with Crippen molar-refractivity contribution in [3.8, 4) is 0 Å². The number of para-hydroxylation sites is 1. The van der Waals surface area contributed by atoms with Crippen molar-refractivity contribution in [1.29, 1.82) is 0 Å². The van der Waals surface area contributed by atoms with Gasteiger partial charge in [0, 0.05) is 10.9 Å². The lowest BCUT2D eigenvalue weighted by atomic mass is 10.2. The van der Waals surface area contributed by atoms with Crippen LogP contribution in [0.2, 0.25) is 0 Å². The third kappa shape index (κ3) is 1.21. The summed E-state index contributed by atoms with van der Waals surface area (Å²) in [5, 5.41) is 0.778. The molecule has 1 aromatic carbocycles. The minimum absolute atomic E-state index is 0.429. The highest BCUT2D eigenvalue weighted by Gasteiger charge is 2.02. The van der Waals surface area contributed by atoms with Crippen LogP contribution in [0.25, 0.3) is 11.1 Å². The number of hydrogen-bond acceptors (Lipinski definition) is 2. The van der Waals surface area contributed by atoms with Gasteiger partial charge in [-0.1, -0.05) is 28.1 Å². The molecular formula is C8H6BrNOS. The summed E-state index contributed by atoms with van der Waals surface area (Å²) >= 11 is 8.26. The van der Waals surface area contributed by atoms with Gasteiger partial charge in [0.05, 0.1) is 5.52 Å². The molecule has 2 aromatic rings. The number of nitrogens with one attached hydrogen (secondary N) is 1. The third-order valence-electron chi connectivity index (χ3n) is 1.67. The highest BCUT2D eigenvalue weighted by atomic mass is 79.9. The lowest BCUT2D eigenvalue weighted by Crippen LogP contribution is -1.76. The van der Waals surface area contributed by atoms with Crippen molar-refractivity contribution in [1.82, 2.24) is 4.98 Å². The Kier molecular flexibility index (Phi) is 2.02. The van der Waals surface area contributed by atoms with Gasteiger partial charge in [0.2, 0.25) is 0 Å². The van der Waals surface area contributed by atoms with Crippen LogP contribution in [0.15, 0.2) is 22.6 Å². The number of oxazole rings is 1. The van der Waals surface area contributed by atoms with Gasteiger partial charge in [-0.15, -0.1) is 0 Å². The van der Waals surface area contributed by atoms with Gasteiger partial charge in [-0.25, -0.2) is 0 Å². The molecule has 0 aliphatic carbocycles. The van der Waals surface area contributed by atoms with Crippen molar-refractivity contribution >= 4 is 39.2 Å². The Morgan fingerprint density at radius 2 is 2.33 bits per heavy atom. The molecule has 0 fully saturated rings. The van der Waals surface area contributed by atoms with E-state index >= 15 is 0 Å². The van der Waals surface area contributed by atoms with Gasteiger partial charge in [0.1, 0.15) is 0 Å². The van der Waals surface area contributed by atoms with Crippen molar-refractivity contribution in [2.45, 2.75) is 5.33 Å². The zero-order valence-corrected chi connectivity index (χ0v) is 8.54. The number of aromatic nitrogens is 1. The van der Waals surface area contributed by atoms with Gasteiger partial charge >= 0.3 is 0 Å². The molecule has 2 rings (SSSR count). The Bertz CT molecular complexity index is 459. The van der Waals surface area contributed by atoms with Gasteiger partial charge in [-0.3, -0.25) is 0 Å². The molecule has 0 amide bonds. The second-order valence-electron chi connectivity index (χ2n) is 2.44. The van der Waals surface area contributed by atoms with E-state index in [9.17, 15) is 0 Å². The van der Waals surface area contributed by atoms with Gasteiger partial charge in [-0.05, 0) is 18.3 Å². The summed E-state index contributed by atoms with van der Waals surface area (Å²) in [6.45, 7) is 0. The first-order chi connectivity index (χ1) is 5.81. The summed E-state index contributed by atoms with van der Waals surface area (Å²) in [5.74, 6) is 0. The molecule has 0 unspecified atom stereocenters. The average Bonchev–Trinajstić information content (AvgIpc) is 2.44. The number of halogens is 1. The van der Waals surface area contributed by atoms with Crippen molar-refractivity contribution in [3.05, 3.63) is 28.6 Å². The van der Waals surface area contributed by atoms with E-state index in [0.717, 1.165) is 22.0 Å². The highest BCUT2D eigenvalue weighted by Crippen LogP contribution is 2.20. The molecule has 0 aliphatic heterocycles. The average molecular weight is 244 g/mol. The lowest BCUT2D eigenvalue weighted by molar-refractivity contribution is 0.581. The zero-order valence-electron chi connectivity index (χ0n) is 6.13. The minimum atomic E-state index is 0.429. The molecule has 0 saturated carbocycles. The molecule has 0 spiro atoms. The topological polar surface area (TPSA) is 28.9 Å². The van der Waals surface area contributed by atoms with Crippen LogP contribution in [0, 0.1) is 4.84 Å². The Morgan fingerprint density at radius 3 is 3.08 bits per heavy atom. The first kappa shape index (κ1) is 8.01. The number of rotatable bonds is 1. The molecule has 0 aliphatic rings. The van der Waals surface area contributed by atoms with E-state index < -0.39 is 0 Å². The SMILES string of the molecule is S=c1[nH]c2cccc(CBr)c2o1. The number of fused-ring (bicyclic) bond motifs is 1. The van der Waals surface area contributed by atoms with Crippen LogP contribution in [0.3, 0.4) is 0 Å². The van der Waals surface area contributed by atoms with E-state index in [1.165, 1.54) is 0 Å². The van der Waals surface area contributed by atoms with Crippen molar-refractivity contribution in [3.63, 3.8) is 0 Å². The summed E-state index contributed by atoms with van der Waals surface area (Å²) in [7, 11) is 0. The predicted octanol–water partition coefficient (Wildman–Crippen LogP) is 3.39. The number of aromatic amines is 1. The van der Waals surface area contributed by atoms with E-state index in [4.69, 9.17) is 16.6 Å². The predicted molar refractivity (Wildman–Crippen MR) is 54.0 cm³/mol. The molecule has 4 heteroatoms. The van der Waals surface area contributed by atoms with Crippen LogP contribution in [0.5, 0.6) is 0 Å². The quantitative estimate of drug-likeness (QED) is 0.615. The Hall–Kier alpha value is -0.610. The molecule has 0 atom stereocenters. The summed E-state index contributed by atoms with van der Waals surface area (Å²) in [5.41, 5.74) is 2.91. The highest BCUT2D eigenvalue weighted by molar-refractivity contribution is 9.08. The molecule has 0 saturated heterocycles. The molecule has 1 aromatic heterocycles. The molecule has 2 nitrogen and oxygen atoms in total. The summed E-state index contributed by atoms with van der Waals surface area (Å²) in [6, 6.07) is 5.92. The summed E-state index contributed by atoms with van der Waals surface area (Å²) in [4.78, 5) is 3.39. The first-order valence-corrected chi connectivity index (χ1v) is 5.01. The summed E-state index contributed by atoms with van der Waals surface area (Å²) < 4.78 is 5.32. The van der Waals surface area contributed by atoms with E-state index in [-0.39, 0.29) is 0 Å². The van der Waals surface area contributed by atoms with Gasteiger partial charge in [-0.2, -0.15) is 0 Å². The maximum absolute atomic E-state index is 5.32. The van der Waals surface area contributed by atoms with E-state index in [1.54, 1.807) is 0 Å². The maximum atomic E-state index is 5.32. The molecular weight excluding hydrogens is 238 g/mol. The van der Waals surface area contributed by atoms with Crippen molar-refractivity contribution in [2.75, 3.05) is 0 Å². The third-order valence-corrected chi connectivity index (χ3v) is 2.46. The second kappa shape index (κ2) is 3.03. The van der Waals surface area contributed by atoms with Crippen LogP contribution in [-0.4, -0.2) is 4.98 Å². The largest absolute Gasteiger partial charge is 0.429 e. The summed E-state index contributed by atoms with van der Waals surface area (Å²) in [6.07, 6.45) is 0. The Labute approximate surface area is 82.7 Å². The molecule has 1 heterocycles. The minimum Gasteiger partial charge on any atom is -0.429 e. The fourth-order valence-electron chi connectivity index (χ4n) is 1.14. The van der Waals surface area contributed by atoms with Gasteiger partial charge < -0.3 is 9.40 Å². The molecule has 12 heavy (non-hydrogen) atoms. The van der Waals surface area contributed by atoms with Crippen LogP contribution < -0.4 is 0 Å². The Morgan fingerprint density at radius 1 is 1.50 bits per heavy atom. The number of H-pyrrole nitrogens is 1. The van der Waals surface area contributed by atoms with Crippen LogP contribution in [0.1, 0.15) is 5.56 Å². The molecule has 0 bridgehead atoms. The molecule has 1 N–H and O–H groups in total. The van der Waals surface area contributed by atoms with Crippen molar-refractivity contribution in [2.24, 2.45) is 0 Å². The van der Waals surface area contributed by atoms with Crippen LogP contribution in [0.4, 0.5) is 0 Å². The van der Waals surface area contributed by atoms with Gasteiger partial charge in [0.15, 0.2) is 5.58 Å². The monoisotopic (exact) mass is 243 g/mol. The fraction of sp³-hybridized carbons (Fsp3) is 0.125. The number of hydrogen-bond donors (Lipinski definition) is 1. The van der Waals surface area contributed by atoms with Crippen LogP contribution in [-0.2, 0) is 5.33 Å². The number of benzene rings is 1. The van der Waals surface area contributed by atoms with Crippen LogP contribution >= 0.6 is 28.1 Å². The smallest absolute Gasteiger partial charge is 0.266 e. The maximum Gasteiger partial charge on any atom is 0.266 e. The first-order valence-electron chi connectivity index (χ1n) is 3.48. The normalized spacial score (nSPS) is 10.8. The van der Waals surface area contributed by atoms with E-state index in [2.05, 4.69) is 20.9 Å². The number of alkyl halides is 1. The van der Waals surface area contributed by atoms with Gasteiger partial charge in [0.25, 0.3) is 4.84 Å². The zero-order chi connectivity index (χ0) is 8.55. The standard InChI is InChI=1S/C8H6BrNOS/c9-4-5-2-1-3-6-7(5)11-8(12)10-6/h1-3H,4H2,(H,10,12). The fourth-order valence-corrected chi connectivity index (χ4v) is 1.77. The van der Waals surface area contributed by atoms with Crippen molar-refractivity contribution < 1.29 is 4.42 Å². The molecule has 0 radical (unpaired) electrons. The van der Waals surface area contributed by atoms with E-state index in [1.807, 2.05) is 18.2 Å². The lowest BCUT2D eigenvalue weighted by Gasteiger charge is -1.93. The molecule has 62 valence electrons. The second-order valence-corrected chi connectivity index (χ2v) is 3.37. The Balaban J connectivity index is 2.87.